The van der Waals surface area contributed by atoms with Crippen molar-refractivity contribution >= 4 is 35.8 Å². The molecule has 158 valence electrons. The first kappa shape index (κ1) is 24.5. The van der Waals surface area contributed by atoms with Crippen LogP contribution in [-0.4, -0.2) is 55.6 Å². The van der Waals surface area contributed by atoms with Crippen molar-refractivity contribution in [1.29, 1.82) is 0 Å². The third-order valence-electron chi connectivity index (χ3n) is 4.57. The van der Waals surface area contributed by atoms with E-state index in [4.69, 9.17) is 4.74 Å². The van der Waals surface area contributed by atoms with Crippen LogP contribution >= 0.6 is 24.0 Å². The Kier molecular flexibility index (Phi) is 10.6. The van der Waals surface area contributed by atoms with Crippen LogP contribution in [0.5, 0.6) is 5.75 Å². The number of carbonyl (C=O) groups excluding carboxylic acids is 1. The first-order valence-electron chi connectivity index (χ1n) is 9.57. The van der Waals surface area contributed by atoms with Gasteiger partial charge in [-0.15, -0.1) is 24.0 Å². The minimum atomic E-state index is -0.279. The van der Waals surface area contributed by atoms with E-state index < -0.39 is 0 Å². The second kappa shape index (κ2) is 12.1. The molecule has 0 aliphatic carbocycles. The minimum absolute atomic E-state index is 0. The van der Waals surface area contributed by atoms with Gasteiger partial charge in [-0.25, -0.2) is 4.39 Å². The largest absolute Gasteiger partial charge is 0.489 e. The van der Waals surface area contributed by atoms with Gasteiger partial charge in [0.1, 0.15) is 17.7 Å². The number of hydrogen-bond donors (Lipinski definition) is 2. The van der Waals surface area contributed by atoms with Crippen molar-refractivity contribution in [3.8, 4) is 5.75 Å². The molecule has 1 amide bonds. The van der Waals surface area contributed by atoms with Crippen molar-refractivity contribution in [1.82, 2.24) is 15.5 Å². The maximum absolute atomic E-state index is 12.9. The third-order valence-corrected chi connectivity index (χ3v) is 4.57. The van der Waals surface area contributed by atoms with Crippen LogP contribution in [0.15, 0.2) is 29.3 Å². The summed E-state index contributed by atoms with van der Waals surface area (Å²) in [6.07, 6.45) is 1.71. The summed E-state index contributed by atoms with van der Waals surface area (Å²) >= 11 is 0. The molecule has 1 heterocycles. The Morgan fingerprint density at radius 3 is 2.39 bits per heavy atom. The van der Waals surface area contributed by atoms with Gasteiger partial charge in [0.05, 0.1) is 6.54 Å². The van der Waals surface area contributed by atoms with Crippen LogP contribution in [0, 0.1) is 11.7 Å². The summed E-state index contributed by atoms with van der Waals surface area (Å²) in [5.41, 5.74) is 0. The Bertz CT molecular complexity index is 632. The Morgan fingerprint density at radius 2 is 1.86 bits per heavy atom. The molecule has 1 aromatic carbocycles. The first-order chi connectivity index (χ1) is 12.9. The second-order valence-corrected chi connectivity index (χ2v) is 7.23. The molecule has 1 unspecified atom stereocenters. The zero-order valence-electron chi connectivity index (χ0n) is 17.1. The van der Waals surface area contributed by atoms with E-state index in [0.717, 1.165) is 31.9 Å². The lowest BCUT2D eigenvalue weighted by Gasteiger charge is -2.34. The van der Waals surface area contributed by atoms with Gasteiger partial charge in [0.15, 0.2) is 5.96 Å². The van der Waals surface area contributed by atoms with E-state index in [0.29, 0.717) is 18.3 Å². The number of piperidine rings is 1. The maximum Gasteiger partial charge on any atom is 0.225 e. The number of likely N-dealkylation sites (tertiary alicyclic amines) is 1. The summed E-state index contributed by atoms with van der Waals surface area (Å²) in [5.74, 6) is 1.35. The Labute approximate surface area is 184 Å². The molecule has 1 aliphatic heterocycles. The molecule has 1 saturated heterocycles. The number of amides is 1. The lowest BCUT2D eigenvalue weighted by atomic mass is 10.0. The molecule has 8 heteroatoms. The predicted octanol–water partition coefficient (Wildman–Crippen LogP) is 3.02. The standard InChI is InChI=1S/C20H31FN4O2.HI/c1-14(2)19(26)25-11-9-17(10-12-25)24-20(22-4)23-13-15(3)27-18-7-5-16(21)6-8-18;/h5-8,14-15,17H,9-13H2,1-4H3,(H2,22,23,24);1H. The fraction of sp³-hybridized carbons (Fsp3) is 0.600. The normalized spacial score (nSPS) is 16.4. The quantitative estimate of drug-likeness (QED) is 0.354. The molecule has 0 spiro atoms. The summed E-state index contributed by atoms with van der Waals surface area (Å²) in [4.78, 5) is 18.3. The van der Waals surface area contributed by atoms with Crippen LogP contribution in [0.2, 0.25) is 0 Å². The summed E-state index contributed by atoms with van der Waals surface area (Å²) < 4.78 is 18.7. The summed E-state index contributed by atoms with van der Waals surface area (Å²) in [5, 5.41) is 6.68. The lowest BCUT2D eigenvalue weighted by molar-refractivity contribution is -0.135. The van der Waals surface area contributed by atoms with Crippen molar-refractivity contribution < 1.29 is 13.9 Å². The number of rotatable bonds is 6. The van der Waals surface area contributed by atoms with Crippen LogP contribution in [0.25, 0.3) is 0 Å². The molecule has 0 radical (unpaired) electrons. The number of hydrogen-bond acceptors (Lipinski definition) is 3. The summed E-state index contributed by atoms with van der Waals surface area (Å²) in [6.45, 7) is 7.94. The van der Waals surface area contributed by atoms with Gasteiger partial charge >= 0.3 is 0 Å². The molecule has 28 heavy (non-hydrogen) atoms. The van der Waals surface area contributed by atoms with Crippen LogP contribution in [0.4, 0.5) is 4.39 Å². The number of ether oxygens (including phenoxy) is 1. The zero-order valence-corrected chi connectivity index (χ0v) is 19.4. The molecule has 1 aliphatic rings. The van der Waals surface area contributed by atoms with Crippen molar-refractivity contribution in [2.75, 3.05) is 26.7 Å². The molecule has 0 saturated carbocycles. The number of carbonyl (C=O) groups is 1. The summed E-state index contributed by atoms with van der Waals surface area (Å²) in [7, 11) is 1.73. The number of guanidine groups is 1. The lowest BCUT2D eigenvalue weighted by Crippen LogP contribution is -2.51. The molecule has 6 nitrogen and oxygen atoms in total. The first-order valence-corrected chi connectivity index (χ1v) is 9.57. The van der Waals surface area contributed by atoms with Crippen molar-refractivity contribution in [2.45, 2.75) is 45.8 Å². The topological polar surface area (TPSA) is 66.0 Å². The molecule has 0 aromatic heterocycles. The van der Waals surface area contributed by atoms with Gasteiger partial charge in [-0.2, -0.15) is 0 Å². The second-order valence-electron chi connectivity index (χ2n) is 7.23. The van der Waals surface area contributed by atoms with E-state index in [2.05, 4.69) is 15.6 Å². The molecule has 1 aromatic rings. The van der Waals surface area contributed by atoms with Gasteiger partial charge < -0.3 is 20.3 Å². The highest BCUT2D eigenvalue weighted by molar-refractivity contribution is 14.0. The summed E-state index contributed by atoms with van der Waals surface area (Å²) in [6, 6.07) is 6.29. The number of benzene rings is 1. The molecule has 2 rings (SSSR count). The highest BCUT2D eigenvalue weighted by Crippen LogP contribution is 2.14. The molecular weight excluding hydrogens is 474 g/mol. The fourth-order valence-electron chi connectivity index (χ4n) is 3.02. The van der Waals surface area contributed by atoms with Crippen LogP contribution in [0.1, 0.15) is 33.6 Å². The molecule has 2 N–H and O–H groups in total. The zero-order chi connectivity index (χ0) is 19.8. The van der Waals surface area contributed by atoms with E-state index in [9.17, 15) is 9.18 Å². The van der Waals surface area contributed by atoms with Gasteiger partial charge in [0.25, 0.3) is 0 Å². The Hall–Kier alpha value is -1.58. The number of halogens is 2. The van der Waals surface area contributed by atoms with Crippen LogP contribution < -0.4 is 15.4 Å². The smallest absolute Gasteiger partial charge is 0.225 e. The van der Waals surface area contributed by atoms with Gasteiger partial charge in [0, 0.05) is 32.1 Å². The maximum atomic E-state index is 12.9. The molecule has 1 atom stereocenters. The molecular formula is C20H32FIN4O2. The Balaban J connectivity index is 0.00000392. The van der Waals surface area contributed by atoms with Crippen molar-refractivity contribution in [3.05, 3.63) is 30.1 Å². The Morgan fingerprint density at radius 1 is 1.25 bits per heavy atom. The number of nitrogens with zero attached hydrogens (tertiary/aromatic N) is 2. The number of nitrogens with one attached hydrogen (secondary N) is 2. The molecule has 0 bridgehead atoms. The van der Waals surface area contributed by atoms with Crippen LogP contribution in [-0.2, 0) is 4.79 Å². The third kappa shape index (κ3) is 7.81. The minimum Gasteiger partial charge on any atom is -0.489 e. The van der Waals surface area contributed by atoms with E-state index in [1.807, 2.05) is 25.7 Å². The average Bonchev–Trinajstić information content (AvgIpc) is 2.66. The van der Waals surface area contributed by atoms with E-state index in [1.54, 1.807) is 19.2 Å². The van der Waals surface area contributed by atoms with Gasteiger partial charge in [0.2, 0.25) is 5.91 Å². The number of aliphatic imine (C=N–C) groups is 1. The van der Waals surface area contributed by atoms with Crippen molar-refractivity contribution in [3.63, 3.8) is 0 Å². The molecule has 1 fully saturated rings. The van der Waals surface area contributed by atoms with Gasteiger partial charge in [-0.3, -0.25) is 9.79 Å². The highest BCUT2D eigenvalue weighted by Gasteiger charge is 2.24. The monoisotopic (exact) mass is 506 g/mol. The van der Waals surface area contributed by atoms with Gasteiger partial charge in [-0.1, -0.05) is 13.8 Å². The van der Waals surface area contributed by atoms with E-state index in [1.165, 1.54) is 12.1 Å². The predicted molar refractivity (Wildman–Crippen MR) is 121 cm³/mol. The SMILES string of the molecule is CN=C(NCC(C)Oc1ccc(F)cc1)NC1CCN(C(=O)C(C)C)CC1.I. The van der Waals surface area contributed by atoms with Crippen molar-refractivity contribution in [2.24, 2.45) is 10.9 Å². The van der Waals surface area contributed by atoms with E-state index >= 15 is 0 Å². The fourth-order valence-corrected chi connectivity index (χ4v) is 3.02. The van der Waals surface area contributed by atoms with E-state index in [-0.39, 0.29) is 47.7 Å². The van der Waals surface area contributed by atoms with Crippen LogP contribution in [0.3, 0.4) is 0 Å². The highest BCUT2D eigenvalue weighted by atomic mass is 127. The average molecular weight is 506 g/mol. The van der Waals surface area contributed by atoms with Gasteiger partial charge in [-0.05, 0) is 44.0 Å².